The Balaban J connectivity index is 2.66. The number of alkyl halides is 1. The molecule has 2 atom stereocenters. The highest BCUT2D eigenvalue weighted by atomic mass is 79.9. The van der Waals surface area contributed by atoms with E-state index in [2.05, 4.69) is 26.2 Å². The Bertz CT molecular complexity index is 941. The summed E-state index contributed by atoms with van der Waals surface area (Å²) in [5.41, 5.74) is -5.73. The van der Waals surface area contributed by atoms with Crippen LogP contribution in [0.4, 0.5) is 13.6 Å². The first-order valence-electron chi connectivity index (χ1n) is 8.46. The summed E-state index contributed by atoms with van der Waals surface area (Å²) >= 11 is 3.17. The molecule has 0 radical (unpaired) electrons. The van der Waals surface area contributed by atoms with E-state index in [0.717, 1.165) is 6.07 Å². The molecule has 0 unspecified atom stereocenters. The molecule has 1 aromatic rings. The molecule has 1 aromatic carbocycles. The molecule has 156 valence electrons. The lowest BCUT2D eigenvalue weighted by atomic mass is 9.92. The van der Waals surface area contributed by atoms with Crippen molar-refractivity contribution in [3.63, 3.8) is 0 Å². The van der Waals surface area contributed by atoms with Gasteiger partial charge in [-0.1, -0.05) is 15.9 Å². The molecule has 0 saturated carbocycles. The van der Waals surface area contributed by atoms with Crippen LogP contribution < -0.4 is 5.32 Å². The molecule has 28 heavy (non-hydrogen) atoms. The van der Waals surface area contributed by atoms with Crippen molar-refractivity contribution in [3.8, 4) is 0 Å². The summed E-state index contributed by atoms with van der Waals surface area (Å²) in [4.78, 5) is 16.4. The van der Waals surface area contributed by atoms with E-state index in [4.69, 9.17) is 4.74 Å². The minimum Gasteiger partial charge on any atom is -0.444 e. The zero-order valence-electron chi connectivity index (χ0n) is 16.4. The third kappa shape index (κ3) is 3.94. The van der Waals surface area contributed by atoms with Crippen LogP contribution in [0.1, 0.15) is 47.1 Å². The maximum absolute atomic E-state index is 15.3. The molecule has 0 aliphatic carbocycles. The standard InChI is InChI=1S/C18H23BrF2N2O4S/c1-16(2,3)27-15(24)22-14-17(4,5)28(25,26)13(21)18(6,23-14)11-9-10(19)7-8-12(11)20/h7-9,13H,1-6H3,(H,22,23,24)/t13-,18+/m0/s1. The summed E-state index contributed by atoms with van der Waals surface area (Å²) in [7, 11) is -4.51. The van der Waals surface area contributed by atoms with Gasteiger partial charge in [-0.25, -0.2) is 22.0 Å². The summed E-state index contributed by atoms with van der Waals surface area (Å²) < 4.78 is 59.3. The average Bonchev–Trinajstić information content (AvgIpc) is 2.52. The largest absolute Gasteiger partial charge is 0.444 e. The Morgan fingerprint density at radius 2 is 1.86 bits per heavy atom. The summed E-state index contributed by atoms with van der Waals surface area (Å²) in [5.74, 6) is -1.14. The SMILES string of the molecule is CC(C)(C)OC(=O)NC1=N[C@](C)(c2cc(Br)ccc2F)[C@@H](F)S(=O)(=O)C1(C)C. The van der Waals surface area contributed by atoms with Gasteiger partial charge in [-0.05, 0) is 59.7 Å². The number of rotatable bonds is 1. The molecule has 0 fully saturated rings. The van der Waals surface area contributed by atoms with Crippen molar-refractivity contribution in [2.75, 3.05) is 0 Å². The lowest BCUT2D eigenvalue weighted by Gasteiger charge is -2.41. The Kier molecular flexibility index (Phi) is 5.73. The molecule has 0 aromatic heterocycles. The van der Waals surface area contributed by atoms with Crippen LogP contribution in [0, 0.1) is 5.82 Å². The second kappa shape index (κ2) is 7.05. The Morgan fingerprint density at radius 1 is 1.29 bits per heavy atom. The normalized spacial score (nSPS) is 26.3. The third-order valence-corrected chi connectivity index (χ3v) is 7.55. The van der Waals surface area contributed by atoms with E-state index in [1.165, 1.54) is 32.9 Å². The Labute approximate surface area is 171 Å². The predicted molar refractivity (Wildman–Crippen MR) is 106 cm³/mol. The second-order valence-corrected chi connectivity index (χ2v) is 11.7. The number of benzene rings is 1. The maximum Gasteiger partial charge on any atom is 0.413 e. The summed E-state index contributed by atoms with van der Waals surface area (Å²) in [6, 6.07) is 3.75. The van der Waals surface area contributed by atoms with Gasteiger partial charge in [0.15, 0.2) is 9.84 Å². The Morgan fingerprint density at radius 3 is 2.39 bits per heavy atom. The number of carbonyl (C=O) groups excluding carboxylic acids is 1. The number of nitrogens with one attached hydrogen (secondary N) is 1. The second-order valence-electron chi connectivity index (χ2n) is 8.23. The molecule has 1 amide bonds. The van der Waals surface area contributed by atoms with Gasteiger partial charge in [-0.3, -0.25) is 10.3 Å². The number of alkyl carbamates (subject to hydrolysis) is 1. The first-order valence-corrected chi connectivity index (χ1v) is 10.8. The molecule has 1 N–H and O–H groups in total. The van der Waals surface area contributed by atoms with Crippen molar-refractivity contribution in [1.82, 2.24) is 5.32 Å². The lowest BCUT2D eigenvalue weighted by molar-refractivity contribution is 0.0560. The number of ether oxygens (including phenoxy) is 1. The monoisotopic (exact) mass is 480 g/mol. The predicted octanol–water partition coefficient (Wildman–Crippen LogP) is 4.23. The number of hydrogen-bond acceptors (Lipinski definition) is 5. The molecule has 0 spiro atoms. The van der Waals surface area contributed by atoms with Gasteiger partial charge >= 0.3 is 6.09 Å². The van der Waals surface area contributed by atoms with Crippen molar-refractivity contribution in [1.29, 1.82) is 0 Å². The molecule has 0 saturated heterocycles. The van der Waals surface area contributed by atoms with Gasteiger partial charge in [-0.15, -0.1) is 0 Å². The van der Waals surface area contributed by atoms with Gasteiger partial charge < -0.3 is 4.74 Å². The van der Waals surface area contributed by atoms with E-state index in [1.54, 1.807) is 20.8 Å². The van der Waals surface area contributed by atoms with Crippen LogP contribution in [0.2, 0.25) is 0 Å². The van der Waals surface area contributed by atoms with Gasteiger partial charge in [-0.2, -0.15) is 0 Å². The average molecular weight is 481 g/mol. The van der Waals surface area contributed by atoms with Gasteiger partial charge in [0.05, 0.1) is 0 Å². The fourth-order valence-corrected chi connectivity index (χ4v) is 4.79. The number of halogens is 3. The molecule has 1 aliphatic heterocycles. The van der Waals surface area contributed by atoms with Gasteiger partial charge in [0.25, 0.3) is 0 Å². The van der Waals surface area contributed by atoms with Crippen LogP contribution >= 0.6 is 15.9 Å². The highest BCUT2D eigenvalue weighted by Gasteiger charge is 2.59. The Hall–Kier alpha value is -1.55. The number of nitrogens with zero attached hydrogens (tertiary/aromatic N) is 1. The van der Waals surface area contributed by atoms with Gasteiger partial charge in [0.1, 0.15) is 27.5 Å². The minimum atomic E-state index is -4.51. The highest BCUT2D eigenvalue weighted by molar-refractivity contribution is 9.10. The van der Waals surface area contributed by atoms with Crippen molar-refractivity contribution in [2.24, 2.45) is 4.99 Å². The van der Waals surface area contributed by atoms with Crippen LogP contribution in [0.25, 0.3) is 0 Å². The van der Waals surface area contributed by atoms with Crippen LogP contribution in [0.15, 0.2) is 27.7 Å². The molecule has 1 heterocycles. The van der Waals surface area contributed by atoms with Crippen LogP contribution in [0.3, 0.4) is 0 Å². The van der Waals surface area contributed by atoms with Crippen LogP contribution in [-0.4, -0.2) is 36.2 Å². The lowest BCUT2D eigenvalue weighted by Crippen LogP contribution is -2.60. The fraction of sp³-hybridized carbons (Fsp3) is 0.556. The molecule has 2 rings (SSSR count). The third-order valence-electron chi connectivity index (χ3n) is 4.43. The van der Waals surface area contributed by atoms with Gasteiger partial charge in [0, 0.05) is 10.0 Å². The van der Waals surface area contributed by atoms with E-state index in [0.29, 0.717) is 4.47 Å². The number of amides is 1. The number of sulfone groups is 1. The molecular weight excluding hydrogens is 458 g/mol. The van der Waals surface area contributed by atoms with Crippen molar-refractivity contribution in [3.05, 3.63) is 34.1 Å². The zero-order valence-corrected chi connectivity index (χ0v) is 18.8. The minimum absolute atomic E-state index is 0.253. The van der Waals surface area contributed by atoms with Crippen molar-refractivity contribution < 1.29 is 26.7 Å². The van der Waals surface area contributed by atoms with E-state index in [9.17, 15) is 17.6 Å². The number of aliphatic imine (C=N–C) groups is 1. The molecule has 6 nitrogen and oxygen atoms in total. The fourth-order valence-electron chi connectivity index (χ4n) is 2.76. The maximum atomic E-state index is 15.3. The highest BCUT2D eigenvalue weighted by Crippen LogP contribution is 2.44. The number of carbonyl (C=O) groups is 1. The van der Waals surface area contributed by atoms with Gasteiger partial charge in [0.2, 0.25) is 5.50 Å². The number of amidine groups is 1. The number of hydrogen-bond donors (Lipinski definition) is 1. The molecule has 1 aliphatic rings. The first-order chi connectivity index (χ1) is 12.5. The quantitative estimate of drug-likeness (QED) is 0.651. The molecular formula is C18H23BrF2N2O4S. The van der Waals surface area contributed by atoms with E-state index in [1.807, 2.05) is 0 Å². The summed E-state index contributed by atoms with van der Waals surface area (Å²) in [5, 5.41) is 2.31. The van der Waals surface area contributed by atoms with Crippen molar-refractivity contribution >= 4 is 37.7 Å². The smallest absolute Gasteiger partial charge is 0.413 e. The topological polar surface area (TPSA) is 84.8 Å². The van der Waals surface area contributed by atoms with Crippen LogP contribution in [-0.2, 0) is 20.1 Å². The summed E-state index contributed by atoms with van der Waals surface area (Å²) in [6.07, 6.45) is -0.941. The zero-order chi connectivity index (χ0) is 21.7. The summed E-state index contributed by atoms with van der Waals surface area (Å²) in [6.45, 7) is 8.52. The van der Waals surface area contributed by atoms with E-state index < -0.39 is 43.1 Å². The molecule has 10 heteroatoms. The van der Waals surface area contributed by atoms with Crippen LogP contribution in [0.5, 0.6) is 0 Å². The van der Waals surface area contributed by atoms with Crippen molar-refractivity contribution in [2.45, 2.75) is 62.9 Å². The van der Waals surface area contributed by atoms with E-state index in [-0.39, 0.29) is 11.4 Å². The first kappa shape index (κ1) is 22.7. The van der Waals surface area contributed by atoms with E-state index >= 15 is 4.39 Å². The molecule has 0 bridgehead atoms.